The Labute approximate surface area is 134 Å². The zero-order valence-electron chi connectivity index (χ0n) is 12.2. The van der Waals surface area contributed by atoms with Crippen LogP contribution in [-0.4, -0.2) is 6.04 Å². The van der Waals surface area contributed by atoms with Gasteiger partial charge in [0.05, 0.1) is 0 Å². The van der Waals surface area contributed by atoms with E-state index in [4.69, 9.17) is 11.6 Å². The second-order valence-corrected chi connectivity index (χ2v) is 6.54. The number of nitrogens with one attached hydrogen (secondary N) is 1. The van der Waals surface area contributed by atoms with Gasteiger partial charge in [0, 0.05) is 28.3 Å². The molecule has 0 aliphatic carbocycles. The molecule has 0 unspecified atom stereocenters. The van der Waals surface area contributed by atoms with Crippen LogP contribution in [0.4, 0.5) is 4.39 Å². The summed E-state index contributed by atoms with van der Waals surface area (Å²) in [6.45, 7) is 4.83. The molecule has 0 aliphatic rings. The van der Waals surface area contributed by atoms with Crippen molar-refractivity contribution in [2.45, 2.75) is 37.1 Å². The van der Waals surface area contributed by atoms with Crippen LogP contribution in [0.25, 0.3) is 0 Å². The van der Waals surface area contributed by atoms with Crippen molar-refractivity contribution in [2.24, 2.45) is 0 Å². The average molecular weight is 324 g/mol. The van der Waals surface area contributed by atoms with Gasteiger partial charge in [0.25, 0.3) is 0 Å². The smallest absolute Gasteiger partial charge is 0.137 e. The number of thioether (sulfide) groups is 1. The zero-order valence-corrected chi connectivity index (χ0v) is 13.8. The molecule has 1 nitrogen and oxygen atoms in total. The number of halogens is 2. The highest BCUT2D eigenvalue weighted by Gasteiger charge is 2.10. The lowest BCUT2D eigenvalue weighted by Crippen LogP contribution is -2.22. The number of benzene rings is 2. The molecule has 0 heterocycles. The summed E-state index contributed by atoms with van der Waals surface area (Å²) in [7, 11) is 0. The molecular formula is C17H19ClFNS. The van der Waals surface area contributed by atoms with Gasteiger partial charge < -0.3 is 5.32 Å². The third-order valence-electron chi connectivity index (χ3n) is 3.08. The minimum Gasteiger partial charge on any atom is -0.310 e. The van der Waals surface area contributed by atoms with Crippen LogP contribution in [0.1, 0.15) is 25.0 Å². The molecule has 2 aromatic rings. The summed E-state index contributed by atoms with van der Waals surface area (Å²) >= 11 is 7.65. The molecule has 0 aromatic heterocycles. The number of rotatable bonds is 6. The van der Waals surface area contributed by atoms with E-state index in [1.54, 1.807) is 6.07 Å². The standard InChI is InChI=1S/C17H19ClFNS/c1-12(2)20-10-13-7-5-9-16(19)17(13)21-11-14-6-3-4-8-15(14)18/h3-9,12,20H,10-11H2,1-2H3. The van der Waals surface area contributed by atoms with Gasteiger partial charge in [0.2, 0.25) is 0 Å². The Balaban J connectivity index is 2.13. The van der Waals surface area contributed by atoms with Gasteiger partial charge in [-0.1, -0.05) is 55.8 Å². The molecule has 4 heteroatoms. The predicted molar refractivity (Wildman–Crippen MR) is 89.4 cm³/mol. The van der Waals surface area contributed by atoms with E-state index in [1.165, 1.54) is 17.8 Å². The van der Waals surface area contributed by atoms with Crippen LogP contribution < -0.4 is 5.32 Å². The van der Waals surface area contributed by atoms with Gasteiger partial charge in [-0.25, -0.2) is 4.39 Å². The summed E-state index contributed by atoms with van der Waals surface area (Å²) in [4.78, 5) is 0.700. The molecule has 0 saturated heterocycles. The summed E-state index contributed by atoms with van der Waals surface area (Å²) in [5, 5.41) is 4.06. The van der Waals surface area contributed by atoms with Crippen molar-refractivity contribution >= 4 is 23.4 Å². The van der Waals surface area contributed by atoms with E-state index in [1.807, 2.05) is 30.3 Å². The Hall–Kier alpha value is -1.03. The first-order valence-corrected chi connectivity index (χ1v) is 8.31. The second kappa shape index (κ2) is 7.83. The van der Waals surface area contributed by atoms with Crippen molar-refractivity contribution in [3.8, 4) is 0 Å². The van der Waals surface area contributed by atoms with Crippen LogP contribution in [0.5, 0.6) is 0 Å². The van der Waals surface area contributed by atoms with E-state index in [9.17, 15) is 4.39 Å². The highest BCUT2D eigenvalue weighted by atomic mass is 35.5. The van der Waals surface area contributed by atoms with E-state index in [2.05, 4.69) is 19.2 Å². The lowest BCUT2D eigenvalue weighted by molar-refractivity contribution is 0.564. The van der Waals surface area contributed by atoms with Crippen LogP contribution in [0.3, 0.4) is 0 Å². The topological polar surface area (TPSA) is 12.0 Å². The molecule has 21 heavy (non-hydrogen) atoms. The molecule has 0 saturated carbocycles. The Morgan fingerprint density at radius 3 is 2.52 bits per heavy atom. The average Bonchev–Trinajstić information content (AvgIpc) is 2.45. The summed E-state index contributed by atoms with van der Waals surface area (Å²) in [6.07, 6.45) is 0. The SMILES string of the molecule is CC(C)NCc1cccc(F)c1SCc1ccccc1Cl. The molecule has 0 atom stereocenters. The molecule has 0 spiro atoms. The maximum atomic E-state index is 14.1. The van der Waals surface area contributed by atoms with Crippen LogP contribution in [0, 0.1) is 5.82 Å². The van der Waals surface area contributed by atoms with Crippen LogP contribution >= 0.6 is 23.4 Å². The van der Waals surface area contributed by atoms with Crippen LogP contribution in [0.15, 0.2) is 47.4 Å². The molecule has 0 bridgehead atoms. The van der Waals surface area contributed by atoms with Gasteiger partial charge in [-0.3, -0.25) is 0 Å². The minimum absolute atomic E-state index is 0.171. The largest absolute Gasteiger partial charge is 0.310 e. The fourth-order valence-corrected chi connectivity index (χ4v) is 3.30. The normalized spacial score (nSPS) is 11.1. The van der Waals surface area contributed by atoms with Crippen molar-refractivity contribution in [3.05, 3.63) is 64.4 Å². The predicted octanol–water partition coefficient (Wildman–Crippen LogP) is 5.27. The summed E-state index contributed by atoms with van der Waals surface area (Å²) in [5.41, 5.74) is 2.01. The van der Waals surface area contributed by atoms with E-state index >= 15 is 0 Å². The Kier molecular flexibility index (Phi) is 6.09. The molecule has 1 N–H and O–H groups in total. The van der Waals surface area contributed by atoms with Gasteiger partial charge in [-0.15, -0.1) is 11.8 Å². The van der Waals surface area contributed by atoms with E-state index < -0.39 is 0 Å². The first-order chi connectivity index (χ1) is 10.1. The molecule has 0 amide bonds. The van der Waals surface area contributed by atoms with Gasteiger partial charge in [-0.2, -0.15) is 0 Å². The lowest BCUT2D eigenvalue weighted by atomic mass is 10.2. The molecular weight excluding hydrogens is 305 g/mol. The highest BCUT2D eigenvalue weighted by molar-refractivity contribution is 7.98. The van der Waals surface area contributed by atoms with E-state index in [0.29, 0.717) is 23.2 Å². The van der Waals surface area contributed by atoms with Gasteiger partial charge in [0.1, 0.15) is 5.82 Å². The summed E-state index contributed by atoms with van der Waals surface area (Å²) < 4.78 is 14.1. The van der Waals surface area contributed by atoms with Gasteiger partial charge in [0.15, 0.2) is 0 Å². The summed E-state index contributed by atoms with van der Waals surface area (Å²) in [5.74, 6) is 0.491. The first kappa shape index (κ1) is 16.3. The fourth-order valence-electron chi connectivity index (χ4n) is 1.93. The number of hydrogen-bond donors (Lipinski definition) is 1. The van der Waals surface area contributed by atoms with E-state index in [0.717, 1.165) is 16.1 Å². The fraction of sp³-hybridized carbons (Fsp3) is 0.294. The van der Waals surface area contributed by atoms with Crippen molar-refractivity contribution in [1.29, 1.82) is 0 Å². The van der Waals surface area contributed by atoms with Crippen molar-refractivity contribution in [3.63, 3.8) is 0 Å². The molecule has 0 aliphatic heterocycles. The maximum Gasteiger partial charge on any atom is 0.137 e. The van der Waals surface area contributed by atoms with Crippen LogP contribution in [-0.2, 0) is 12.3 Å². The highest BCUT2D eigenvalue weighted by Crippen LogP contribution is 2.31. The quantitative estimate of drug-likeness (QED) is 0.727. The Morgan fingerprint density at radius 2 is 1.81 bits per heavy atom. The summed E-state index contributed by atoms with van der Waals surface area (Å²) in [6, 6.07) is 13.3. The maximum absolute atomic E-state index is 14.1. The number of hydrogen-bond acceptors (Lipinski definition) is 2. The van der Waals surface area contributed by atoms with Crippen LogP contribution in [0.2, 0.25) is 5.02 Å². The van der Waals surface area contributed by atoms with Gasteiger partial charge >= 0.3 is 0 Å². The van der Waals surface area contributed by atoms with Crippen molar-refractivity contribution in [2.75, 3.05) is 0 Å². The minimum atomic E-state index is -0.171. The monoisotopic (exact) mass is 323 g/mol. The first-order valence-electron chi connectivity index (χ1n) is 6.95. The van der Waals surface area contributed by atoms with Gasteiger partial charge in [-0.05, 0) is 23.3 Å². The van der Waals surface area contributed by atoms with Crippen molar-refractivity contribution in [1.82, 2.24) is 5.32 Å². The molecule has 2 rings (SSSR count). The zero-order chi connectivity index (χ0) is 15.2. The van der Waals surface area contributed by atoms with E-state index in [-0.39, 0.29) is 5.82 Å². The second-order valence-electron chi connectivity index (χ2n) is 5.14. The molecule has 0 radical (unpaired) electrons. The Morgan fingerprint density at radius 1 is 1.10 bits per heavy atom. The molecule has 2 aromatic carbocycles. The third-order valence-corrected chi connectivity index (χ3v) is 4.65. The molecule has 0 fully saturated rings. The van der Waals surface area contributed by atoms with Crippen molar-refractivity contribution < 1.29 is 4.39 Å². The molecule has 112 valence electrons. The third kappa shape index (κ3) is 4.73. The Bertz CT molecular complexity index is 601. The lowest BCUT2D eigenvalue weighted by Gasteiger charge is -2.13.